The summed E-state index contributed by atoms with van der Waals surface area (Å²) in [5.74, 6) is -0.560. The number of nitrogens with zero attached hydrogens (tertiary/aromatic N) is 2. The number of carbonyl (C=O) groups excluding carboxylic acids is 1. The Morgan fingerprint density at radius 1 is 1.25 bits per heavy atom. The fourth-order valence-corrected chi connectivity index (χ4v) is 2.66. The predicted octanol–water partition coefficient (Wildman–Crippen LogP) is 3.29. The first-order valence-corrected chi connectivity index (χ1v) is 8.36. The molecule has 28 heavy (non-hydrogen) atoms. The number of hydrogen-bond acceptors (Lipinski definition) is 6. The lowest BCUT2D eigenvalue weighted by Gasteiger charge is -2.07. The van der Waals surface area contributed by atoms with E-state index in [1.165, 1.54) is 18.3 Å². The first kappa shape index (κ1) is 18.8. The Morgan fingerprint density at radius 3 is 2.82 bits per heavy atom. The molecule has 3 aromatic carbocycles. The Labute approximate surface area is 160 Å². The molecule has 142 valence electrons. The number of rotatable bonds is 6. The van der Waals surface area contributed by atoms with Gasteiger partial charge in [-0.05, 0) is 35.4 Å². The van der Waals surface area contributed by atoms with Crippen molar-refractivity contribution in [3.63, 3.8) is 0 Å². The fourth-order valence-electron chi connectivity index (χ4n) is 2.66. The van der Waals surface area contributed by atoms with E-state index in [4.69, 9.17) is 4.74 Å². The molecule has 0 saturated heterocycles. The third-order valence-electron chi connectivity index (χ3n) is 4.00. The van der Waals surface area contributed by atoms with Gasteiger partial charge in [-0.1, -0.05) is 36.4 Å². The van der Waals surface area contributed by atoms with Crippen LogP contribution in [-0.2, 0) is 4.79 Å². The second-order valence-electron chi connectivity index (χ2n) is 6.03. The average molecular weight is 379 g/mol. The molecule has 0 spiro atoms. The summed E-state index contributed by atoms with van der Waals surface area (Å²) in [4.78, 5) is 22.4. The van der Waals surface area contributed by atoms with Crippen LogP contribution in [0.4, 0.5) is 5.69 Å². The molecule has 0 saturated carbocycles. The van der Waals surface area contributed by atoms with Gasteiger partial charge in [0.15, 0.2) is 12.4 Å². The van der Waals surface area contributed by atoms with Gasteiger partial charge < -0.3 is 9.84 Å². The van der Waals surface area contributed by atoms with Crippen molar-refractivity contribution < 1.29 is 19.6 Å². The summed E-state index contributed by atoms with van der Waals surface area (Å²) in [5, 5.41) is 26.6. The first-order valence-electron chi connectivity index (χ1n) is 8.36. The van der Waals surface area contributed by atoms with Gasteiger partial charge in [-0.2, -0.15) is 5.10 Å². The number of phenols is 1. The van der Waals surface area contributed by atoms with Gasteiger partial charge in [-0.3, -0.25) is 14.9 Å². The van der Waals surface area contributed by atoms with Crippen LogP contribution in [0.2, 0.25) is 0 Å². The molecular formula is C20H17N3O5. The summed E-state index contributed by atoms with van der Waals surface area (Å²) >= 11 is 0. The second kappa shape index (κ2) is 8.17. The van der Waals surface area contributed by atoms with E-state index in [0.717, 1.165) is 10.8 Å². The van der Waals surface area contributed by atoms with Crippen LogP contribution in [0.5, 0.6) is 11.5 Å². The number of phenolic OH excluding ortho intramolecular Hbond substituents is 1. The van der Waals surface area contributed by atoms with E-state index in [-0.39, 0.29) is 17.2 Å². The van der Waals surface area contributed by atoms with Gasteiger partial charge in [0, 0.05) is 11.6 Å². The molecule has 0 atom stereocenters. The monoisotopic (exact) mass is 379 g/mol. The summed E-state index contributed by atoms with van der Waals surface area (Å²) in [7, 11) is 0. The highest BCUT2D eigenvalue weighted by Gasteiger charge is 2.16. The standard InChI is InChI=1S/C20H17N3O5/c1-13-6-9-19(17(10-13)23(26)27)28-12-20(25)22-21-11-16-15-5-3-2-4-14(15)7-8-18(16)24/h2-11,24H,12H2,1H3,(H,22,25)/b21-11+. The highest BCUT2D eigenvalue weighted by molar-refractivity contribution is 6.02. The van der Waals surface area contributed by atoms with Crippen LogP contribution in [0.1, 0.15) is 11.1 Å². The third-order valence-corrected chi connectivity index (χ3v) is 4.00. The summed E-state index contributed by atoms with van der Waals surface area (Å²) in [5.41, 5.74) is 3.24. The number of ether oxygens (including phenoxy) is 1. The summed E-state index contributed by atoms with van der Waals surface area (Å²) < 4.78 is 5.23. The van der Waals surface area contributed by atoms with Gasteiger partial charge in [-0.25, -0.2) is 5.43 Å². The zero-order chi connectivity index (χ0) is 20.1. The molecule has 8 nitrogen and oxygen atoms in total. The van der Waals surface area contributed by atoms with E-state index in [2.05, 4.69) is 10.5 Å². The maximum absolute atomic E-state index is 11.9. The quantitative estimate of drug-likeness (QED) is 0.387. The normalized spacial score (nSPS) is 10.9. The zero-order valence-electron chi connectivity index (χ0n) is 15.0. The molecule has 0 bridgehead atoms. The highest BCUT2D eigenvalue weighted by atomic mass is 16.6. The molecule has 0 aliphatic heterocycles. The van der Waals surface area contributed by atoms with E-state index in [1.807, 2.05) is 24.3 Å². The Hall–Kier alpha value is -3.94. The van der Waals surface area contributed by atoms with Gasteiger partial charge in [0.05, 0.1) is 11.1 Å². The van der Waals surface area contributed by atoms with Crippen LogP contribution in [-0.4, -0.2) is 28.8 Å². The molecule has 3 rings (SSSR count). The van der Waals surface area contributed by atoms with Crippen LogP contribution in [0, 0.1) is 17.0 Å². The van der Waals surface area contributed by atoms with E-state index in [0.29, 0.717) is 11.1 Å². The molecule has 2 N–H and O–H groups in total. The number of hydrazone groups is 1. The number of nitrogens with one attached hydrogen (secondary N) is 1. The van der Waals surface area contributed by atoms with Gasteiger partial charge in [0.1, 0.15) is 5.75 Å². The molecule has 0 heterocycles. The van der Waals surface area contributed by atoms with Crippen molar-refractivity contribution in [1.29, 1.82) is 0 Å². The Bertz CT molecular complexity index is 1080. The van der Waals surface area contributed by atoms with Crippen molar-refractivity contribution in [2.24, 2.45) is 5.10 Å². The first-order chi connectivity index (χ1) is 13.5. The number of aryl methyl sites for hydroxylation is 1. The molecule has 1 amide bonds. The molecule has 0 aliphatic rings. The minimum Gasteiger partial charge on any atom is -0.507 e. The van der Waals surface area contributed by atoms with E-state index in [9.17, 15) is 20.0 Å². The zero-order valence-corrected chi connectivity index (χ0v) is 15.0. The third kappa shape index (κ3) is 4.24. The Balaban J connectivity index is 1.66. The van der Waals surface area contributed by atoms with E-state index >= 15 is 0 Å². The van der Waals surface area contributed by atoms with Gasteiger partial charge in [-0.15, -0.1) is 0 Å². The van der Waals surface area contributed by atoms with E-state index < -0.39 is 17.4 Å². The van der Waals surface area contributed by atoms with Crippen molar-refractivity contribution in [3.8, 4) is 11.5 Å². The van der Waals surface area contributed by atoms with Crippen molar-refractivity contribution in [1.82, 2.24) is 5.43 Å². The molecule has 0 fully saturated rings. The second-order valence-corrected chi connectivity index (χ2v) is 6.03. The molecular weight excluding hydrogens is 362 g/mol. The molecule has 0 aromatic heterocycles. The summed E-state index contributed by atoms with van der Waals surface area (Å²) in [6.45, 7) is 1.28. The van der Waals surface area contributed by atoms with Crippen LogP contribution >= 0.6 is 0 Å². The predicted molar refractivity (Wildman–Crippen MR) is 105 cm³/mol. The van der Waals surface area contributed by atoms with Gasteiger partial charge in [0.2, 0.25) is 0 Å². The fraction of sp³-hybridized carbons (Fsp3) is 0.100. The number of nitro benzene ring substituents is 1. The van der Waals surface area contributed by atoms with Crippen LogP contribution in [0.3, 0.4) is 0 Å². The van der Waals surface area contributed by atoms with Gasteiger partial charge in [0.25, 0.3) is 5.91 Å². The number of amides is 1. The minimum absolute atomic E-state index is 0.00132. The Morgan fingerprint density at radius 2 is 2.04 bits per heavy atom. The van der Waals surface area contributed by atoms with Crippen molar-refractivity contribution in [2.75, 3.05) is 6.61 Å². The number of aromatic hydroxyl groups is 1. The van der Waals surface area contributed by atoms with Crippen LogP contribution < -0.4 is 10.2 Å². The number of nitro groups is 1. The van der Waals surface area contributed by atoms with Crippen molar-refractivity contribution in [3.05, 3.63) is 75.8 Å². The lowest BCUT2D eigenvalue weighted by Crippen LogP contribution is -2.24. The SMILES string of the molecule is Cc1ccc(OCC(=O)N/N=C/c2c(O)ccc3ccccc23)c([N+](=O)[O-])c1. The maximum Gasteiger partial charge on any atom is 0.311 e. The molecule has 0 radical (unpaired) electrons. The molecule has 0 aliphatic carbocycles. The topological polar surface area (TPSA) is 114 Å². The number of fused-ring (bicyclic) bond motifs is 1. The molecule has 3 aromatic rings. The molecule has 0 unspecified atom stereocenters. The largest absolute Gasteiger partial charge is 0.507 e. The highest BCUT2D eigenvalue weighted by Crippen LogP contribution is 2.27. The van der Waals surface area contributed by atoms with Crippen molar-refractivity contribution in [2.45, 2.75) is 6.92 Å². The van der Waals surface area contributed by atoms with Crippen molar-refractivity contribution >= 4 is 28.6 Å². The van der Waals surface area contributed by atoms with Crippen LogP contribution in [0.15, 0.2) is 59.7 Å². The smallest absolute Gasteiger partial charge is 0.311 e. The summed E-state index contributed by atoms with van der Waals surface area (Å²) in [6, 6.07) is 15.2. The lowest BCUT2D eigenvalue weighted by molar-refractivity contribution is -0.385. The number of carbonyl (C=O) groups is 1. The Kier molecular flexibility index (Phi) is 5.50. The summed E-state index contributed by atoms with van der Waals surface area (Å²) in [6.07, 6.45) is 1.34. The number of hydrogen-bond donors (Lipinski definition) is 2. The maximum atomic E-state index is 11.9. The lowest BCUT2D eigenvalue weighted by atomic mass is 10.0. The number of benzene rings is 3. The minimum atomic E-state index is -0.592. The average Bonchev–Trinajstić information content (AvgIpc) is 2.68. The van der Waals surface area contributed by atoms with Gasteiger partial charge >= 0.3 is 5.69 Å². The van der Waals surface area contributed by atoms with Crippen LogP contribution in [0.25, 0.3) is 10.8 Å². The molecule has 8 heteroatoms. The van der Waals surface area contributed by atoms with E-state index in [1.54, 1.807) is 25.1 Å².